The summed E-state index contributed by atoms with van der Waals surface area (Å²) in [6.07, 6.45) is 0. The van der Waals surface area contributed by atoms with Crippen LogP contribution in [0, 0.1) is 18.6 Å². The fourth-order valence-corrected chi connectivity index (χ4v) is 1.64. The number of carbonyl (C=O) groups excluding carboxylic acids is 1. The summed E-state index contributed by atoms with van der Waals surface area (Å²) in [5, 5.41) is 2.47. The Labute approximate surface area is 109 Å². The average molecular weight is 262 g/mol. The SMILES string of the molecule is Cc1cccc(C(=O)Nc2ccc(F)c(N)c2)c1F. The number of nitrogen functional groups attached to an aromatic ring is 1. The van der Waals surface area contributed by atoms with Crippen molar-refractivity contribution in [3.8, 4) is 0 Å². The lowest BCUT2D eigenvalue weighted by Gasteiger charge is -2.08. The second-order valence-corrected chi connectivity index (χ2v) is 4.13. The van der Waals surface area contributed by atoms with Crippen molar-refractivity contribution in [1.82, 2.24) is 0 Å². The number of benzene rings is 2. The van der Waals surface area contributed by atoms with Crippen LogP contribution in [0.1, 0.15) is 15.9 Å². The van der Waals surface area contributed by atoms with Crippen molar-refractivity contribution < 1.29 is 13.6 Å². The zero-order valence-electron chi connectivity index (χ0n) is 10.2. The molecule has 0 bridgehead atoms. The maximum atomic E-state index is 13.8. The third kappa shape index (κ3) is 2.70. The van der Waals surface area contributed by atoms with Crippen LogP contribution in [0.5, 0.6) is 0 Å². The van der Waals surface area contributed by atoms with Gasteiger partial charge in [-0.05, 0) is 36.8 Å². The summed E-state index contributed by atoms with van der Waals surface area (Å²) in [5.41, 5.74) is 5.93. The van der Waals surface area contributed by atoms with Gasteiger partial charge in [0, 0.05) is 5.69 Å². The minimum atomic E-state index is -0.604. The summed E-state index contributed by atoms with van der Waals surface area (Å²) in [6, 6.07) is 8.31. The highest BCUT2D eigenvalue weighted by molar-refractivity contribution is 6.04. The molecule has 2 aromatic carbocycles. The van der Waals surface area contributed by atoms with Crippen molar-refractivity contribution in [2.24, 2.45) is 0 Å². The van der Waals surface area contributed by atoms with Gasteiger partial charge in [0.2, 0.25) is 0 Å². The van der Waals surface area contributed by atoms with Crippen LogP contribution in [0.4, 0.5) is 20.2 Å². The molecular formula is C14H12F2N2O. The maximum absolute atomic E-state index is 13.8. The Balaban J connectivity index is 2.26. The fourth-order valence-electron chi connectivity index (χ4n) is 1.64. The largest absolute Gasteiger partial charge is 0.396 e. The van der Waals surface area contributed by atoms with E-state index in [1.165, 1.54) is 18.2 Å². The molecule has 0 unspecified atom stereocenters. The molecule has 0 fully saturated rings. The number of amides is 1. The molecule has 98 valence electrons. The number of aryl methyl sites for hydroxylation is 1. The number of hydrogen-bond donors (Lipinski definition) is 2. The molecule has 0 aromatic heterocycles. The zero-order valence-corrected chi connectivity index (χ0v) is 10.2. The Bertz CT molecular complexity index is 641. The van der Waals surface area contributed by atoms with E-state index in [2.05, 4.69) is 5.32 Å². The highest BCUT2D eigenvalue weighted by Crippen LogP contribution is 2.18. The molecule has 0 aliphatic heterocycles. The quantitative estimate of drug-likeness (QED) is 0.817. The Kier molecular flexibility index (Phi) is 3.46. The molecular weight excluding hydrogens is 250 g/mol. The van der Waals surface area contributed by atoms with Gasteiger partial charge in [-0.3, -0.25) is 4.79 Å². The predicted octanol–water partition coefficient (Wildman–Crippen LogP) is 3.11. The summed E-state index contributed by atoms with van der Waals surface area (Å²) in [6.45, 7) is 1.57. The molecule has 3 N–H and O–H groups in total. The first-order valence-electron chi connectivity index (χ1n) is 5.60. The van der Waals surface area contributed by atoms with Gasteiger partial charge in [0.15, 0.2) is 0 Å². The highest BCUT2D eigenvalue weighted by Gasteiger charge is 2.13. The smallest absolute Gasteiger partial charge is 0.258 e. The Morgan fingerprint density at radius 1 is 1.21 bits per heavy atom. The molecule has 2 aromatic rings. The van der Waals surface area contributed by atoms with Crippen molar-refractivity contribution >= 4 is 17.3 Å². The van der Waals surface area contributed by atoms with Gasteiger partial charge in [-0.25, -0.2) is 8.78 Å². The highest BCUT2D eigenvalue weighted by atomic mass is 19.1. The van der Waals surface area contributed by atoms with E-state index in [-0.39, 0.29) is 11.3 Å². The van der Waals surface area contributed by atoms with Crippen molar-refractivity contribution in [3.63, 3.8) is 0 Å². The van der Waals surface area contributed by atoms with Gasteiger partial charge in [0.1, 0.15) is 11.6 Å². The predicted molar refractivity (Wildman–Crippen MR) is 69.9 cm³/mol. The van der Waals surface area contributed by atoms with E-state index in [1.807, 2.05) is 0 Å². The van der Waals surface area contributed by atoms with Crippen LogP contribution < -0.4 is 11.1 Å². The number of nitrogens with two attached hydrogens (primary N) is 1. The van der Waals surface area contributed by atoms with E-state index in [9.17, 15) is 13.6 Å². The van der Waals surface area contributed by atoms with Crippen LogP contribution in [0.25, 0.3) is 0 Å². The van der Waals surface area contributed by atoms with E-state index >= 15 is 0 Å². The molecule has 0 heterocycles. The van der Waals surface area contributed by atoms with E-state index in [0.29, 0.717) is 11.3 Å². The number of anilines is 2. The van der Waals surface area contributed by atoms with Crippen molar-refractivity contribution in [3.05, 3.63) is 59.2 Å². The van der Waals surface area contributed by atoms with E-state index in [4.69, 9.17) is 5.73 Å². The average Bonchev–Trinajstić information content (AvgIpc) is 2.37. The lowest BCUT2D eigenvalue weighted by atomic mass is 10.1. The Morgan fingerprint density at radius 3 is 2.63 bits per heavy atom. The van der Waals surface area contributed by atoms with Gasteiger partial charge >= 0.3 is 0 Å². The van der Waals surface area contributed by atoms with Crippen molar-refractivity contribution in [2.75, 3.05) is 11.1 Å². The lowest BCUT2D eigenvalue weighted by molar-refractivity contribution is 0.102. The first kappa shape index (κ1) is 13.0. The Hall–Kier alpha value is -2.43. The molecule has 0 saturated carbocycles. The van der Waals surface area contributed by atoms with Crippen LogP contribution in [-0.4, -0.2) is 5.91 Å². The van der Waals surface area contributed by atoms with Gasteiger partial charge in [0.05, 0.1) is 11.3 Å². The van der Waals surface area contributed by atoms with Gasteiger partial charge in [-0.1, -0.05) is 12.1 Å². The van der Waals surface area contributed by atoms with Gasteiger partial charge in [-0.15, -0.1) is 0 Å². The number of hydrogen-bond acceptors (Lipinski definition) is 2. The maximum Gasteiger partial charge on any atom is 0.258 e. The molecule has 0 aliphatic carbocycles. The summed E-state index contributed by atoms with van der Waals surface area (Å²) >= 11 is 0. The van der Waals surface area contributed by atoms with E-state index < -0.39 is 17.5 Å². The fraction of sp³-hybridized carbons (Fsp3) is 0.0714. The van der Waals surface area contributed by atoms with Gasteiger partial charge in [0.25, 0.3) is 5.91 Å². The Morgan fingerprint density at radius 2 is 1.95 bits per heavy atom. The van der Waals surface area contributed by atoms with Gasteiger partial charge in [-0.2, -0.15) is 0 Å². The number of halogens is 2. The molecule has 0 saturated heterocycles. The minimum Gasteiger partial charge on any atom is -0.396 e. The second kappa shape index (κ2) is 5.06. The molecule has 0 spiro atoms. The van der Waals surface area contributed by atoms with Gasteiger partial charge < -0.3 is 11.1 Å². The van der Waals surface area contributed by atoms with Crippen molar-refractivity contribution in [2.45, 2.75) is 6.92 Å². The monoisotopic (exact) mass is 262 g/mol. The molecule has 0 atom stereocenters. The van der Waals surface area contributed by atoms with E-state index in [1.54, 1.807) is 19.1 Å². The van der Waals surface area contributed by atoms with Crippen LogP contribution in [0.2, 0.25) is 0 Å². The van der Waals surface area contributed by atoms with Crippen molar-refractivity contribution in [1.29, 1.82) is 0 Å². The summed E-state index contributed by atoms with van der Waals surface area (Å²) in [4.78, 5) is 11.9. The second-order valence-electron chi connectivity index (χ2n) is 4.13. The van der Waals surface area contributed by atoms with Crippen LogP contribution >= 0.6 is 0 Å². The minimum absolute atomic E-state index is 0.0668. The standard InChI is InChI=1S/C14H12F2N2O/c1-8-3-2-4-10(13(8)16)14(19)18-9-5-6-11(15)12(17)7-9/h2-7H,17H2,1H3,(H,18,19). The first-order chi connectivity index (χ1) is 8.99. The molecule has 5 heteroatoms. The molecule has 0 radical (unpaired) electrons. The molecule has 1 amide bonds. The van der Waals surface area contributed by atoms with Crippen LogP contribution in [0.3, 0.4) is 0 Å². The number of nitrogens with one attached hydrogen (secondary N) is 1. The lowest BCUT2D eigenvalue weighted by Crippen LogP contribution is -2.14. The molecule has 3 nitrogen and oxygen atoms in total. The molecule has 0 aliphatic rings. The zero-order chi connectivity index (χ0) is 14.0. The van der Waals surface area contributed by atoms with E-state index in [0.717, 1.165) is 6.07 Å². The first-order valence-corrected chi connectivity index (χ1v) is 5.60. The van der Waals surface area contributed by atoms with Crippen LogP contribution in [0.15, 0.2) is 36.4 Å². The molecule has 2 rings (SSSR count). The number of rotatable bonds is 2. The third-order valence-corrected chi connectivity index (χ3v) is 2.69. The molecule has 19 heavy (non-hydrogen) atoms. The van der Waals surface area contributed by atoms with Crippen LogP contribution in [-0.2, 0) is 0 Å². The third-order valence-electron chi connectivity index (χ3n) is 2.69. The topological polar surface area (TPSA) is 55.1 Å². The normalized spacial score (nSPS) is 10.3. The number of carbonyl (C=O) groups is 1. The summed E-state index contributed by atoms with van der Waals surface area (Å²) in [5.74, 6) is -1.75. The summed E-state index contributed by atoms with van der Waals surface area (Å²) < 4.78 is 26.7. The summed E-state index contributed by atoms with van der Waals surface area (Å²) in [7, 11) is 0.